The molecule has 0 aromatic carbocycles. The van der Waals surface area contributed by atoms with Crippen molar-refractivity contribution in [1.82, 2.24) is 0 Å². The second-order valence-electron chi connectivity index (χ2n) is 3.97. The Kier molecular flexibility index (Phi) is 8.34. The Hall–Kier alpha value is -0.600. The summed E-state index contributed by atoms with van der Waals surface area (Å²) >= 11 is 0. The van der Waals surface area contributed by atoms with E-state index >= 15 is 0 Å². The minimum absolute atomic E-state index is 0.130. The summed E-state index contributed by atoms with van der Waals surface area (Å²) in [5.41, 5.74) is 7.11. The van der Waals surface area contributed by atoms with E-state index in [9.17, 15) is 5.11 Å². The fraction of sp³-hybridized carbons (Fsp3) is 0.692. The molecule has 0 saturated carbocycles. The van der Waals surface area contributed by atoms with Crippen molar-refractivity contribution in [3.8, 4) is 0 Å². The lowest BCUT2D eigenvalue weighted by atomic mass is 10.1. The van der Waals surface area contributed by atoms with Gasteiger partial charge in [0, 0.05) is 6.04 Å². The molecule has 0 heterocycles. The highest BCUT2D eigenvalue weighted by Crippen LogP contribution is 2.04. The molecule has 0 amide bonds. The van der Waals surface area contributed by atoms with Crippen LogP contribution in [0.4, 0.5) is 0 Å². The SMILES string of the molecule is CC/C(C)=C/CC/C=C/[C@H](O)[C@H](N)CC. The van der Waals surface area contributed by atoms with E-state index < -0.39 is 6.10 Å². The molecule has 0 aromatic heterocycles. The van der Waals surface area contributed by atoms with E-state index in [1.54, 1.807) is 0 Å². The minimum Gasteiger partial charge on any atom is -0.387 e. The summed E-state index contributed by atoms with van der Waals surface area (Å²) in [6.07, 6.45) is 9.52. The van der Waals surface area contributed by atoms with E-state index in [-0.39, 0.29) is 6.04 Å². The first-order valence-electron chi connectivity index (χ1n) is 5.87. The quantitative estimate of drug-likeness (QED) is 0.502. The van der Waals surface area contributed by atoms with Gasteiger partial charge >= 0.3 is 0 Å². The van der Waals surface area contributed by atoms with Crippen LogP contribution in [-0.2, 0) is 0 Å². The van der Waals surface area contributed by atoms with Crippen molar-refractivity contribution in [3.05, 3.63) is 23.8 Å². The molecule has 0 rings (SSSR count). The molecular formula is C13H25NO. The first-order chi connectivity index (χ1) is 7.11. The van der Waals surface area contributed by atoms with Gasteiger partial charge in [0.05, 0.1) is 6.10 Å². The van der Waals surface area contributed by atoms with Crippen LogP contribution in [0.15, 0.2) is 23.8 Å². The van der Waals surface area contributed by atoms with Gasteiger partial charge in [0.25, 0.3) is 0 Å². The molecule has 2 heteroatoms. The number of unbranched alkanes of at least 4 members (excludes halogenated alkanes) is 1. The molecular weight excluding hydrogens is 186 g/mol. The van der Waals surface area contributed by atoms with Crippen LogP contribution in [0, 0.1) is 0 Å². The second kappa shape index (κ2) is 8.69. The highest BCUT2D eigenvalue weighted by molar-refractivity contribution is 4.99. The standard InChI is InChI=1S/C13H25NO/c1-4-11(3)9-7-6-8-10-13(15)12(14)5-2/h8-10,12-13,15H,4-7,14H2,1-3H3/b10-8+,11-9+/t12-,13+/m1/s1. The molecule has 0 aromatic rings. The number of allylic oxidation sites excluding steroid dienone is 3. The molecule has 2 nitrogen and oxygen atoms in total. The van der Waals surface area contributed by atoms with Crippen LogP contribution in [0.2, 0.25) is 0 Å². The van der Waals surface area contributed by atoms with Gasteiger partial charge in [0.15, 0.2) is 0 Å². The third-order valence-corrected chi connectivity index (χ3v) is 2.63. The van der Waals surface area contributed by atoms with Gasteiger partial charge in [-0.2, -0.15) is 0 Å². The van der Waals surface area contributed by atoms with Crippen molar-refractivity contribution in [2.45, 2.75) is 58.6 Å². The van der Waals surface area contributed by atoms with Crippen LogP contribution in [-0.4, -0.2) is 17.3 Å². The number of nitrogens with two attached hydrogens (primary N) is 1. The van der Waals surface area contributed by atoms with Crippen molar-refractivity contribution >= 4 is 0 Å². The van der Waals surface area contributed by atoms with Crippen LogP contribution < -0.4 is 5.73 Å². The van der Waals surface area contributed by atoms with Gasteiger partial charge < -0.3 is 10.8 Å². The van der Waals surface area contributed by atoms with E-state index in [0.717, 1.165) is 25.7 Å². The molecule has 88 valence electrons. The summed E-state index contributed by atoms with van der Waals surface area (Å²) in [5.74, 6) is 0. The van der Waals surface area contributed by atoms with Crippen LogP contribution in [0.3, 0.4) is 0 Å². The first-order valence-corrected chi connectivity index (χ1v) is 5.87. The summed E-state index contributed by atoms with van der Waals surface area (Å²) in [4.78, 5) is 0. The van der Waals surface area contributed by atoms with Gasteiger partial charge in [-0.15, -0.1) is 0 Å². The number of hydrogen-bond donors (Lipinski definition) is 2. The fourth-order valence-electron chi connectivity index (χ4n) is 1.19. The van der Waals surface area contributed by atoms with Crippen LogP contribution in [0.5, 0.6) is 0 Å². The lowest BCUT2D eigenvalue weighted by Gasteiger charge is -2.12. The summed E-state index contributed by atoms with van der Waals surface area (Å²) < 4.78 is 0. The Bertz CT molecular complexity index is 209. The molecule has 0 saturated heterocycles. The summed E-state index contributed by atoms with van der Waals surface area (Å²) in [6, 6.07) is -0.130. The normalized spacial score (nSPS) is 17.0. The summed E-state index contributed by atoms with van der Waals surface area (Å²) in [5, 5.41) is 9.55. The highest BCUT2D eigenvalue weighted by atomic mass is 16.3. The molecule has 0 spiro atoms. The summed E-state index contributed by atoms with van der Waals surface area (Å²) in [6.45, 7) is 6.28. The Labute approximate surface area is 93.9 Å². The zero-order valence-electron chi connectivity index (χ0n) is 10.2. The molecule has 0 unspecified atom stereocenters. The monoisotopic (exact) mass is 211 g/mol. The van der Waals surface area contributed by atoms with Gasteiger partial charge in [-0.25, -0.2) is 0 Å². The Morgan fingerprint density at radius 2 is 2.00 bits per heavy atom. The maximum Gasteiger partial charge on any atom is 0.0871 e. The largest absolute Gasteiger partial charge is 0.387 e. The molecule has 15 heavy (non-hydrogen) atoms. The van der Waals surface area contributed by atoms with Crippen molar-refractivity contribution in [2.24, 2.45) is 5.73 Å². The van der Waals surface area contributed by atoms with Crippen LogP contribution in [0.1, 0.15) is 46.5 Å². The zero-order valence-corrected chi connectivity index (χ0v) is 10.2. The van der Waals surface area contributed by atoms with Crippen molar-refractivity contribution in [1.29, 1.82) is 0 Å². The molecule has 0 aliphatic heterocycles. The lowest BCUT2D eigenvalue weighted by molar-refractivity contribution is 0.188. The molecule has 0 aliphatic carbocycles. The molecule has 0 bridgehead atoms. The van der Waals surface area contributed by atoms with E-state index in [0.29, 0.717) is 0 Å². The van der Waals surface area contributed by atoms with Crippen molar-refractivity contribution in [2.75, 3.05) is 0 Å². The molecule has 2 atom stereocenters. The highest BCUT2D eigenvalue weighted by Gasteiger charge is 2.07. The Morgan fingerprint density at radius 3 is 2.53 bits per heavy atom. The Balaban J connectivity index is 3.71. The molecule has 0 fully saturated rings. The smallest absolute Gasteiger partial charge is 0.0871 e. The average molecular weight is 211 g/mol. The number of aliphatic hydroxyl groups is 1. The molecule has 0 aliphatic rings. The molecule has 0 radical (unpaired) electrons. The summed E-state index contributed by atoms with van der Waals surface area (Å²) in [7, 11) is 0. The van der Waals surface area contributed by atoms with Gasteiger partial charge in [-0.1, -0.05) is 37.6 Å². The van der Waals surface area contributed by atoms with Gasteiger partial charge in [0.1, 0.15) is 0 Å². The third-order valence-electron chi connectivity index (χ3n) is 2.63. The van der Waals surface area contributed by atoms with E-state index in [2.05, 4.69) is 19.9 Å². The number of hydrogen-bond acceptors (Lipinski definition) is 2. The molecule has 3 N–H and O–H groups in total. The number of rotatable bonds is 7. The van der Waals surface area contributed by atoms with Crippen LogP contribution in [0.25, 0.3) is 0 Å². The predicted octanol–water partition coefficient (Wildman–Crippen LogP) is 2.78. The van der Waals surface area contributed by atoms with Crippen LogP contribution >= 0.6 is 0 Å². The van der Waals surface area contributed by atoms with E-state index in [4.69, 9.17) is 5.73 Å². The van der Waals surface area contributed by atoms with Gasteiger partial charge in [-0.05, 0) is 32.6 Å². The average Bonchev–Trinajstić information content (AvgIpc) is 2.26. The third kappa shape index (κ3) is 7.34. The topological polar surface area (TPSA) is 46.2 Å². The predicted molar refractivity (Wildman–Crippen MR) is 66.7 cm³/mol. The minimum atomic E-state index is -0.494. The fourth-order valence-corrected chi connectivity index (χ4v) is 1.19. The van der Waals surface area contributed by atoms with E-state index in [1.165, 1.54) is 5.57 Å². The second-order valence-corrected chi connectivity index (χ2v) is 3.97. The zero-order chi connectivity index (χ0) is 11.7. The first kappa shape index (κ1) is 14.4. The van der Waals surface area contributed by atoms with Crippen molar-refractivity contribution < 1.29 is 5.11 Å². The Morgan fingerprint density at radius 1 is 1.33 bits per heavy atom. The van der Waals surface area contributed by atoms with Crippen molar-refractivity contribution in [3.63, 3.8) is 0 Å². The lowest BCUT2D eigenvalue weighted by Crippen LogP contribution is -2.32. The van der Waals surface area contributed by atoms with Gasteiger partial charge in [-0.3, -0.25) is 0 Å². The van der Waals surface area contributed by atoms with E-state index in [1.807, 2.05) is 19.1 Å². The van der Waals surface area contributed by atoms with Gasteiger partial charge in [0.2, 0.25) is 0 Å². The maximum absolute atomic E-state index is 9.55. The number of aliphatic hydroxyl groups excluding tert-OH is 1. The maximum atomic E-state index is 9.55.